The van der Waals surface area contributed by atoms with Crippen molar-refractivity contribution < 1.29 is 13.2 Å². The molecule has 3 N–H and O–H groups in total. The first-order valence-electron chi connectivity index (χ1n) is 7.26. The first-order valence-corrected chi connectivity index (χ1v) is 8.80. The van der Waals surface area contributed by atoms with Gasteiger partial charge in [0.25, 0.3) is 0 Å². The van der Waals surface area contributed by atoms with Gasteiger partial charge in [-0.25, -0.2) is 13.6 Å². The molecule has 0 heterocycles. The van der Waals surface area contributed by atoms with Crippen molar-refractivity contribution in [3.05, 3.63) is 58.7 Å². The van der Waals surface area contributed by atoms with E-state index in [0.717, 1.165) is 22.4 Å². The van der Waals surface area contributed by atoms with Gasteiger partial charge in [0, 0.05) is 19.3 Å². The van der Waals surface area contributed by atoms with Crippen molar-refractivity contribution >= 4 is 15.7 Å². The Kier molecular flexibility index (Phi) is 5.41. The highest BCUT2D eigenvalue weighted by Gasteiger charge is 2.13. The number of sulfonamides is 1. The number of primary sulfonamides is 1. The third kappa shape index (κ3) is 4.54. The molecule has 0 atom stereocenters. The van der Waals surface area contributed by atoms with E-state index >= 15 is 0 Å². The summed E-state index contributed by atoms with van der Waals surface area (Å²) in [6.07, 6.45) is 0. The highest BCUT2D eigenvalue weighted by atomic mass is 32.2. The van der Waals surface area contributed by atoms with Gasteiger partial charge in [-0.3, -0.25) is 0 Å². The molecule has 0 spiro atoms. The van der Waals surface area contributed by atoms with Gasteiger partial charge in [-0.1, -0.05) is 24.3 Å². The Morgan fingerprint density at radius 3 is 2.43 bits per heavy atom. The van der Waals surface area contributed by atoms with Crippen LogP contribution in [0.3, 0.4) is 0 Å². The Labute approximate surface area is 137 Å². The second kappa shape index (κ2) is 7.12. The maximum Gasteiger partial charge on any atom is 0.238 e. The Bertz CT molecular complexity index is 801. The van der Waals surface area contributed by atoms with E-state index < -0.39 is 10.0 Å². The molecule has 0 saturated heterocycles. The highest BCUT2D eigenvalue weighted by molar-refractivity contribution is 7.89. The van der Waals surface area contributed by atoms with Crippen LogP contribution >= 0.6 is 0 Å². The second-order valence-corrected chi connectivity index (χ2v) is 7.11. The number of nitrogens with one attached hydrogen (secondary N) is 1. The molecule has 0 saturated carbocycles. The van der Waals surface area contributed by atoms with E-state index in [1.165, 1.54) is 0 Å². The summed E-state index contributed by atoms with van der Waals surface area (Å²) in [5.41, 5.74) is 4.62. The number of ether oxygens (including phenoxy) is 1. The lowest BCUT2D eigenvalue weighted by atomic mass is 10.1. The average Bonchev–Trinajstić information content (AvgIpc) is 2.47. The quantitative estimate of drug-likeness (QED) is 0.851. The minimum Gasteiger partial charge on any atom is -0.381 e. The molecule has 0 aliphatic carbocycles. The lowest BCUT2D eigenvalue weighted by molar-refractivity contribution is 0.185. The molecule has 2 rings (SSSR count). The van der Waals surface area contributed by atoms with Crippen LogP contribution in [0.15, 0.2) is 41.3 Å². The average molecular weight is 334 g/mol. The zero-order chi connectivity index (χ0) is 17.0. The molecule has 0 radical (unpaired) electrons. The lowest BCUT2D eigenvalue weighted by Crippen LogP contribution is -2.14. The van der Waals surface area contributed by atoms with Gasteiger partial charge in [0.2, 0.25) is 10.0 Å². The Balaban J connectivity index is 2.18. The van der Waals surface area contributed by atoms with Gasteiger partial charge >= 0.3 is 0 Å². The van der Waals surface area contributed by atoms with Gasteiger partial charge in [0.1, 0.15) is 0 Å². The van der Waals surface area contributed by atoms with Gasteiger partial charge in [0.15, 0.2) is 0 Å². The van der Waals surface area contributed by atoms with E-state index in [0.29, 0.717) is 18.7 Å². The Hall–Kier alpha value is -1.89. The van der Waals surface area contributed by atoms with E-state index in [9.17, 15) is 8.42 Å². The van der Waals surface area contributed by atoms with E-state index in [4.69, 9.17) is 9.88 Å². The van der Waals surface area contributed by atoms with Crippen molar-refractivity contribution in [2.24, 2.45) is 5.14 Å². The van der Waals surface area contributed by atoms with Crippen molar-refractivity contribution in [3.8, 4) is 0 Å². The molecule has 0 amide bonds. The summed E-state index contributed by atoms with van der Waals surface area (Å²) in [5, 5.41) is 8.57. The molecule has 2 aromatic rings. The molecule has 0 unspecified atom stereocenters. The molecule has 124 valence electrons. The number of benzene rings is 2. The Morgan fingerprint density at radius 2 is 1.78 bits per heavy atom. The van der Waals surface area contributed by atoms with Gasteiger partial charge < -0.3 is 10.1 Å². The third-order valence-electron chi connectivity index (χ3n) is 3.61. The first kappa shape index (κ1) is 17.5. The number of methoxy groups -OCH3 is 1. The monoisotopic (exact) mass is 334 g/mol. The molecular formula is C17H22N2O3S. The molecule has 0 aliphatic heterocycles. The minimum atomic E-state index is -3.69. The highest BCUT2D eigenvalue weighted by Crippen LogP contribution is 2.24. The molecule has 0 aliphatic rings. The van der Waals surface area contributed by atoms with Crippen LogP contribution in [0.2, 0.25) is 0 Å². The zero-order valence-corrected chi connectivity index (χ0v) is 14.4. The van der Waals surface area contributed by atoms with Crippen LogP contribution in [0, 0.1) is 13.8 Å². The predicted octanol–water partition coefficient (Wildman–Crippen LogP) is 2.71. The van der Waals surface area contributed by atoms with Crippen LogP contribution in [0.4, 0.5) is 5.69 Å². The summed E-state index contributed by atoms with van der Waals surface area (Å²) < 4.78 is 28.2. The summed E-state index contributed by atoms with van der Waals surface area (Å²) in [7, 11) is -2.02. The third-order valence-corrected chi connectivity index (χ3v) is 4.67. The van der Waals surface area contributed by atoms with Crippen molar-refractivity contribution in [3.63, 3.8) is 0 Å². The van der Waals surface area contributed by atoms with Crippen LogP contribution in [-0.4, -0.2) is 15.5 Å². The molecule has 23 heavy (non-hydrogen) atoms. The smallest absolute Gasteiger partial charge is 0.238 e. The SMILES string of the molecule is COCc1cccc(CNc2cc(C)c(S(N)(=O)=O)cc2C)c1. The number of rotatable bonds is 6. The number of nitrogens with two attached hydrogens (primary N) is 1. The summed E-state index contributed by atoms with van der Waals surface area (Å²) in [6, 6.07) is 11.5. The summed E-state index contributed by atoms with van der Waals surface area (Å²) in [4.78, 5) is 0.169. The van der Waals surface area contributed by atoms with Crippen LogP contribution in [0.25, 0.3) is 0 Å². The van der Waals surface area contributed by atoms with E-state index in [-0.39, 0.29) is 4.90 Å². The van der Waals surface area contributed by atoms with Crippen molar-refractivity contribution in [1.29, 1.82) is 0 Å². The van der Waals surface area contributed by atoms with E-state index in [1.807, 2.05) is 31.2 Å². The minimum absolute atomic E-state index is 0.169. The maximum atomic E-state index is 11.5. The van der Waals surface area contributed by atoms with Gasteiger partial charge in [-0.15, -0.1) is 0 Å². The van der Waals surface area contributed by atoms with Gasteiger partial charge in [0.05, 0.1) is 11.5 Å². The second-order valence-electron chi connectivity index (χ2n) is 5.58. The molecular weight excluding hydrogens is 312 g/mol. The van der Waals surface area contributed by atoms with Crippen LogP contribution in [-0.2, 0) is 27.9 Å². The Morgan fingerprint density at radius 1 is 1.09 bits per heavy atom. The van der Waals surface area contributed by atoms with Crippen molar-refractivity contribution in [1.82, 2.24) is 0 Å². The first-order chi connectivity index (χ1) is 10.8. The lowest BCUT2D eigenvalue weighted by Gasteiger charge is -2.13. The maximum absolute atomic E-state index is 11.5. The molecule has 2 aromatic carbocycles. The number of anilines is 1. The van der Waals surface area contributed by atoms with E-state index in [1.54, 1.807) is 20.1 Å². The molecule has 6 heteroatoms. The van der Waals surface area contributed by atoms with E-state index in [2.05, 4.69) is 11.4 Å². The fourth-order valence-corrected chi connectivity index (χ4v) is 3.33. The molecule has 0 fully saturated rings. The topological polar surface area (TPSA) is 81.4 Å². The summed E-state index contributed by atoms with van der Waals surface area (Å²) in [5.74, 6) is 0. The van der Waals surface area contributed by atoms with Crippen molar-refractivity contribution in [2.45, 2.75) is 31.9 Å². The van der Waals surface area contributed by atoms with Crippen molar-refractivity contribution in [2.75, 3.05) is 12.4 Å². The zero-order valence-electron chi connectivity index (χ0n) is 13.6. The fourth-order valence-electron chi connectivity index (χ4n) is 2.48. The van der Waals surface area contributed by atoms with Gasteiger partial charge in [-0.05, 0) is 48.2 Å². The largest absolute Gasteiger partial charge is 0.381 e. The summed E-state index contributed by atoms with van der Waals surface area (Å²) >= 11 is 0. The van der Waals surface area contributed by atoms with Crippen LogP contribution in [0.5, 0.6) is 0 Å². The number of aryl methyl sites for hydroxylation is 2. The predicted molar refractivity (Wildman–Crippen MR) is 91.8 cm³/mol. The molecule has 5 nitrogen and oxygen atoms in total. The molecule has 0 aromatic heterocycles. The van der Waals surface area contributed by atoms with Crippen LogP contribution in [0.1, 0.15) is 22.3 Å². The molecule has 0 bridgehead atoms. The van der Waals surface area contributed by atoms with Gasteiger partial charge in [-0.2, -0.15) is 0 Å². The normalized spacial score (nSPS) is 11.5. The number of hydrogen-bond acceptors (Lipinski definition) is 4. The fraction of sp³-hybridized carbons (Fsp3) is 0.294. The summed E-state index contributed by atoms with van der Waals surface area (Å²) in [6.45, 7) is 4.82. The van der Waals surface area contributed by atoms with Crippen LogP contribution < -0.4 is 10.5 Å². The standard InChI is InChI=1S/C17H22N2O3S/c1-12-8-17(23(18,20)21)13(2)7-16(12)19-10-14-5-4-6-15(9-14)11-22-3/h4-9,19H,10-11H2,1-3H3,(H2,18,20,21). The number of hydrogen-bond donors (Lipinski definition) is 2.